The van der Waals surface area contributed by atoms with Crippen LogP contribution in [0, 0.1) is 0 Å². The van der Waals surface area contributed by atoms with E-state index in [1.165, 1.54) is 35.9 Å². The molecule has 1 amide bonds. The molecule has 0 saturated heterocycles. The summed E-state index contributed by atoms with van der Waals surface area (Å²) in [6.45, 7) is 0. The number of rotatable bonds is 5. The Morgan fingerprint density at radius 1 is 1.56 bits per heavy atom. The summed E-state index contributed by atoms with van der Waals surface area (Å²) in [6.07, 6.45) is 2.45. The molecule has 1 aromatic heterocycles. The van der Waals surface area contributed by atoms with Crippen molar-refractivity contribution < 1.29 is 4.79 Å². The molecule has 88 valence electrons. The summed E-state index contributed by atoms with van der Waals surface area (Å²) in [5.74, 6) is 0.516. The summed E-state index contributed by atoms with van der Waals surface area (Å²) in [6, 6.07) is 0.592. The third kappa shape index (κ3) is 3.34. The number of nitrogens with zero attached hydrogens (tertiary/aromatic N) is 3. The third-order valence-corrected chi connectivity index (χ3v) is 4.10. The average molecular weight is 258 g/mol. The first-order chi connectivity index (χ1) is 7.65. The predicted octanol–water partition coefficient (Wildman–Crippen LogP) is 1.29. The Morgan fingerprint density at radius 3 is 2.94 bits per heavy atom. The lowest BCUT2D eigenvalue weighted by Crippen LogP contribution is -2.23. The molecule has 2 rings (SSSR count). The number of nitrogens with one attached hydrogen (secondary N) is 1. The maximum absolute atomic E-state index is 11.4. The van der Waals surface area contributed by atoms with Gasteiger partial charge in [0.25, 0.3) is 0 Å². The fraction of sp³-hybridized carbons (Fsp3) is 0.667. The van der Waals surface area contributed by atoms with Crippen LogP contribution in [0.25, 0.3) is 0 Å². The zero-order valence-electron chi connectivity index (χ0n) is 9.27. The molecule has 1 N–H and O–H groups in total. The monoisotopic (exact) mass is 258 g/mol. The van der Waals surface area contributed by atoms with Crippen molar-refractivity contribution in [2.45, 2.75) is 23.2 Å². The van der Waals surface area contributed by atoms with E-state index in [1.807, 2.05) is 0 Å². The largest absolute Gasteiger partial charge is 0.357 e. The topological polar surface area (TPSA) is 58.1 Å². The highest BCUT2D eigenvalue weighted by Crippen LogP contribution is 2.30. The smallest absolute Gasteiger partial charge is 0.232 e. The van der Waals surface area contributed by atoms with Crippen molar-refractivity contribution in [3.05, 3.63) is 0 Å². The van der Waals surface area contributed by atoms with Crippen LogP contribution in [-0.2, 0) is 4.79 Å². The Labute approximate surface area is 103 Å². The number of carbonyl (C=O) groups is 1. The highest BCUT2D eigenvalue weighted by molar-refractivity contribution is 8.01. The zero-order chi connectivity index (χ0) is 11.5. The highest BCUT2D eigenvalue weighted by Gasteiger charge is 2.22. The van der Waals surface area contributed by atoms with Gasteiger partial charge in [-0.2, -0.15) is 0 Å². The van der Waals surface area contributed by atoms with Gasteiger partial charge in [0.05, 0.1) is 5.75 Å². The maximum atomic E-state index is 11.4. The van der Waals surface area contributed by atoms with Crippen LogP contribution in [0.5, 0.6) is 0 Å². The molecule has 1 aromatic rings. The van der Waals surface area contributed by atoms with E-state index in [2.05, 4.69) is 15.5 Å². The van der Waals surface area contributed by atoms with Crippen molar-refractivity contribution in [2.75, 3.05) is 25.2 Å². The van der Waals surface area contributed by atoms with Crippen molar-refractivity contribution in [1.29, 1.82) is 0 Å². The maximum Gasteiger partial charge on any atom is 0.232 e. The summed E-state index contributed by atoms with van der Waals surface area (Å²) in [7, 11) is 3.51. The molecule has 0 unspecified atom stereocenters. The Balaban J connectivity index is 1.80. The molecule has 0 atom stereocenters. The number of aromatic nitrogens is 2. The SMILES string of the molecule is CN(C)C(=O)CSc1nnc(NC2CC2)s1. The molecule has 0 bridgehead atoms. The van der Waals surface area contributed by atoms with Gasteiger partial charge < -0.3 is 10.2 Å². The van der Waals surface area contributed by atoms with Gasteiger partial charge in [-0.3, -0.25) is 4.79 Å². The van der Waals surface area contributed by atoms with Crippen LogP contribution in [0.4, 0.5) is 5.13 Å². The molecular weight excluding hydrogens is 244 g/mol. The van der Waals surface area contributed by atoms with Crippen molar-refractivity contribution >= 4 is 34.1 Å². The van der Waals surface area contributed by atoms with Crippen LogP contribution >= 0.6 is 23.1 Å². The number of anilines is 1. The normalized spacial score (nSPS) is 14.9. The molecule has 1 aliphatic carbocycles. The Morgan fingerprint density at radius 2 is 2.31 bits per heavy atom. The summed E-state index contributed by atoms with van der Waals surface area (Å²) in [5.41, 5.74) is 0. The first-order valence-electron chi connectivity index (χ1n) is 5.08. The van der Waals surface area contributed by atoms with Crippen LogP contribution in [0.2, 0.25) is 0 Å². The number of hydrogen-bond donors (Lipinski definition) is 1. The van der Waals surface area contributed by atoms with Crippen LogP contribution in [0.15, 0.2) is 4.34 Å². The predicted molar refractivity (Wildman–Crippen MR) is 66.0 cm³/mol. The van der Waals surface area contributed by atoms with E-state index < -0.39 is 0 Å². The average Bonchev–Trinajstić information content (AvgIpc) is 2.93. The summed E-state index contributed by atoms with van der Waals surface area (Å²) >= 11 is 2.95. The fourth-order valence-electron chi connectivity index (χ4n) is 0.981. The van der Waals surface area contributed by atoms with Gasteiger partial charge in [-0.15, -0.1) is 10.2 Å². The number of hydrogen-bond acceptors (Lipinski definition) is 6. The van der Waals surface area contributed by atoms with Crippen molar-refractivity contribution in [1.82, 2.24) is 15.1 Å². The molecule has 0 aromatic carbocycles. The molecule has 0 aliphatic heterocycles. The van der Waals surface area contributed by atoms with Crippen molar-refractivity contribution in [3.63, 3.8) is 0 Å². The van der Waals surface area contributed by atoms with E-state index in [9.17, 15) is 4.79 Å². The second-order valence-corrected chi connectivity index (χ2v) is 6.07. The molecule has 1 heterocycles. The summed E-state index contributed by atoms with van der Waals surface area (Å²) < 4.78 is 0.846. The van der Waals surface area contributed by atoms with Gasteiger partial charge >= 0.3 is 0 Å². The molecule has 5 nitrogen and oxygen atoms in total. The molecule has 1 saturated carbocycles. The number of carbonyl (C=O) groups excluding carboxylic acids is 1. The molecule has 16 heavy (non-hydrogen) atoms. The fourth-order valence-corrected chi connectivity index (χ4v) is 2.79. The van der Waals surface area contributed by atoms with Gasteiger partial charge in [0, 0.05) is 20.1 Å². The summed E-state index contributed by atoms with van der Waals surface area (Å²) in [5, 5.41) is 12.2. The Bertz CT molecular complexity index is 375. The van der Waals surface area contributed by atoms with Crippen molar-refractivity contribution in [3.8, 4) is 0 Å². The van der Waals surface area contributed by atoms with Crippen LogP contribution in [0.3, 0.4) is 0 Å². The molecular formula is C9H14N4OS2. The van der Waals surface area contributed by atoms with E-state index in [0.29, 0.717) is 11.8 Å². The van der Waals surface area contributed by atoms with E-state index in [0.717, 1.165) is 9.47 Å². The van der Waals surface area contributed by atoms with Crippen LogP contribution in [-0.4, -0.2) is 46.9 Å². The van der Waals surface area contributed by atoms with E-state index in [1.54, 1.807) is 19.0 Å². The first kappa shape index (κ1) is 11.7. The van der Waals surface area contributed by atoms with Crippen molar-refractivity contribution in [2.24, 2.45) is 0 Å². The van der Waals surface area contributed by atoms with Gasteiger partial charge in [0.1, 0.15) is 0 Å². The standard InChI is InChI=1S/C9H14N4OS2/c1-13(2)7(14)5-15-9-12-11-8(16-9)10-6-3-4-6/h6H,3-5H2,1-2H3,(H,10,11). The van der Waals surface area contributed by atoms with E-state index in [-0.39, 0.29) is 5.91 Å². The van der Waals surface area contributed by atoms with Crippen LogP contribution in [0.1, 0.15) is 12.8 Å². The summed E-state index contributed by atoms with van der Waals surface area (Å²) in [4.78, 5) is 12.9. The second-order valence-electron chi connectivity index (χ2n) is 3.87. The lowest BCUT2D eigenvalue weighted by molar-refractivity contribution is -0.125. The molecule has 7 heteroatoms. The Kier molecular flexibility index (Phi) is 3.65. The lowest BCUT2D eigenvalue weighted by Gasteiger charge is -2.07. The highest BCUT2D eigenvalue weighted by atomic mass is 32.2. The number of thioether (sulfide) groups is 1. The van der Waals surface area contributed by atoms with E-state index in [4.69, 9.17) is 0 Å². The van der Waals surface area contributed by atoms with Gasteiger partial charge in [-0.1, -0.05) is 23.1 Å². The molecule has 1 fully saturated rings. The van der Waals surface area contributed by atoms with Crippen LogP contribution < -0.4 is 5.32 Å². The van der Waals surface area contributed by atoms with E-state index >= 15 is 0 Å². The van der Waals surface area contributed by atoms with Gasteiger partial charge in [0.2, 0.25) is 11.0 Å². The minimum atomic E-state index is 0.0944. The lowest BCUT2D eigenvalue weighted by atomic mass is 10.6. The van der Waals surface area contributed by atoms with Gasteiger partial charge in [-0.05, 0) is 12.8 Å². The van der Waals surface area contributed by atoms with Gasteiger partial charge in [0.15, 0.2) is 4.34 Å². The minimum Gasteiger partial charge on any atom is -0.357 e. The quantitative estimate of drug-likeness (QED) is 0.807. The Hall–Kier alpha value is -0.820. The molecule has 1 aliphatic rings. The second kappa shape index (κ2) is 5.01. The zero-order valence-corrected chi connectivity index (χ0v) is 10.9. The minimum absolute atomic E-state index is 0.0944. The molecule has 0 radical (unpaired) electrons. The number of amides is 1. The van der Waals surface area contributed by atoms with Gasteiger partial charge in [-0.25, -0.2) is 0 Å². The molecule has 0 spiro atoms. The third-order valence-electron chi connectivity index (χ3n) is 2.13. The first-order valence-corrected chi connectivity index (χ1v) is 6.88.